The summed E-state index contributed by atoms with van der Waals surface area (Å²) in [5.41, 5.74) is 0.950. The van der Waals surface area contributed by atoms with Crippen LogP contribution in [0.1, 0.15) is 58.4 Å². The Morgan fingerprint density at radius 2 is 2.03 bits per heavy atom. The summed E-state index contributed by atoms with van der Waals surface area (Å²) in [5, 5.41) is 5.92. The fraction of sp³-hybridized carbons (Fsp3) is 0.682. The van der Waals surface area contributed by atoms with Gasteiger partial charge < -0.3 is 24.4 Å². The van der Waals surface area contributed by atoms with Crippen LogP contribution in [0.25, 0.3) is 0 Å². The third-order valence-electron chi connectivity index (χ3n) is 4.94. The largest absolute Gasteiger partial charge is 0.489 e. The van der Waals surface area contributed by atoms with E-state index in [0.29, 0.717) is 13.2 Å². The summed E-state index contributed by atoms with van der Waals surface area (Å²) in [6, 6.07) is 7.82. The minimum Gasteiger partial charge on any atom is -0.489 e. The first-order valence-corrected chi connectivity index (χ1v) is 10.5. The number of carbonyl (C=O) groups is 1. The minimum atomic E-state index is -0.454. The summed E-state index contributed by atoms with van der Waals surface area (Å²) < 4.78 is 16.8. The fourth-order valence-corrected chi connectivity index (χ4v) is 3.47. The van der Waals surface area contributed by atoms with E-state index in [9.17, 15) is 9.70 Å². The molecule has 1 saturated carbocycles. The SMILES string of the molecule is CCOCC(=O)O[C@@H](CNC(C)(C)C)COc1ccccc1C1CCC(ON=O)C1. The fourth-order valence-electron chi connectivity index (χ4n) is 3.47. The Bertz CT molecular complexity index is 676. The van der Waals surface area contributed by atoms with Crippen molar-refractivity contribution in [2.75, 3.05) is 26.4 Å². The smallest absolute Gasteiger partial charge is 0.332 e. The van der Waals surface area contributed by atoms with Crippen molar-refractivity contribution in [3.05, 3.63) is 34.7 Å². The van der Waals surface area contributed by atoms with Crippen LogP contribution in [0.5, 0.6) is 5.75 Å². The molecule has 0 radical (unpaired) electrons. The van der Waals surface area contributed by atoms with Gasteiger partial charge in [-0.1, -0.05) is 18.2 Å². The maximum atomic E-state index is 12.0. The van der Waals surface area contributed by atoms with Gasteiger partial charge in [-0.3, -0.25) is 0 Å². The summed E-state index contributed by atoms with van der Waals surface area (Å²) in [7, 11) is 0. The number of nitrogens with one attached hydrogen (secondary N) is 1. The maximum Gasteiger partial charge on any atom is 0.332 e. The van der Waals surface area contributed by atoms with Gasteiger partial charge in [0.1, 0.15) is 31.2 Å². The normalized spacial score (nSPS) is 19.9. The number of hydrogen-bond donors (Lipinski definition) is 1. The highest BCUT2D eigenvalue weighted by molar-refractivity contribution is 5.70. The van der Waals surface area contributed by atoms with E-state index in [1.54, 1.807) is 0 Å². The molecule has 3 atom stereocenters. The molecular weight excluding hydrogens is 388 g/mol. The number of rotatable bonds is 12. The highest BCUT2D eigenvalue weighted by Gasteiger charge is 2.30. The molecule has 1 N–H and O–H groups in total. The lowest BCUT2D eigenvalue weighted by Gasteiger charge is -2.26. The Hall–Kier alpha value is -2.19. The molecule has 0 bridgehead atoms. The van der Waals surface area contributed by atoms with Crippen molar-refractivity contribution in [1.82, 2.24) is 5.32 Å². The molecule has 1 fully saturated rings. The van der Waals surface area contributed by atoms with Crippen molar-refractivity contribution < 1.29 is 23.8 Å². The van der Waals surface area contributed by atoms with E-state index in [-0.39, 0.29) is 30.8 Å². The molecule has 168 valence electrons. The number of ether oxygens (including phenoxy) is 3. The van der Waals surface area contributed by atoms with E-state index in [1.807, 2.05) is 31.2 Å². The van der Waals surface area contributed by atoms with E-state index in [1.165, 1.54) is 0 Å². The molecule has 0 amide bonds. The Labute approximate surface area is 178 Å². The van der Waals surface area contributed by atoms with Gasteiger partial charge in [-0.05, 0) is 64.5 Å². The summed E-state index contributed by atoms with van der Waals surface area (Å²) in [4.78, 5) is 27.3. The number of benzene rings is 1. The zero-order valence-corrected chi connectivity index (χ0v) is 18.4. The molecule has 0 aliphatic heterocycles. The molecule has 30 heavy (non-hydrogen) atoms. The average molecular weight is 423 g/mol. The Kier molecular flexibility index (Phi) is 9.52. The molecule has 8 heteroatoms. The van der Waals surface area contributed by atoms with Crippen molar-refractivity contribution in [2.24, 2.45) is 5.34 Å². The first-order chi connectivity index (χ1) is 14.3. The monoisotopic (exact) mass is 422 g/mol. The third kappa shape index (κ3) is 8.28. The Morgan fingerprint density at radius 1 is 1.27 bits per heavy atom. The Morgan fingerprint density at radius 3 is 2.73 bits per heavy atom. The highest BCUT2D eigenvalue weighted by Crippen LogP contribution is 2.40. The lowest BCUT2D eigenvalue weighted by Crippen LogP contribution is -2.44. The zero-order valence-electron chi connectivity index (χ0n) is 18.4. The number of hydrogen-bond acceptors (Lipinski definition) is 8. The van der Waals surface area contributed by atoms with Crippen molar-refractivity contribution in [1.29, 1.82) is 0 Å². The molecule has 1 aromatic rings. The molecule has 0 aromatic heterocycles. The lowest BCUT2D eigenvalue weighted by atomic mass is 9.96. The molecule has 1 aromatic carbocycles. The van der Waals surface area contributed by atoms with E-state index in [0.717, 1.165) is 30.6 Å². The van der Waals surface area contributed by atoms with Gasteiger partial charge >= 0.3 is 5.97 Å². The second-order valence-electron chi connectivity index (χ2n) is 8.54. The third-order valence-corrected chi connectivity index (χ3v) is 4.94. The van der Waals surface area contributed by atoms with Crippen LogP contribution in [0.2, 0.25) is 0 Å². The van der Waals surface area contributed by atoms with Gasteiger partial charge in [0.15, 0.2) is 5.34 Å². The van der Waals surface area contributed by atoms with Crippen LogP contribution in [0.4, 0.5) is 0 Å². The first kappa shape index (κ1) is 24.1. The van der Waals surface area contributed by atoms with Crippen LogP contribution < -0.4 is 10.1 Å². The van der Waals surface area contributed by atoms with Crippen LogP contribution in [-0.4, -0.2) is 50.1 Å². The van der Waals surface area contributed by atoms with Gasteiger partial charge in [0.05, 0.1) is 0 Å². The van der Waals surface area contributed by atoms with Crippen LogP contribution in [0.15, 0.2) is 29.6 Å². The quantitative estimate of drug-likeness (QED) is 0.311. The highest BCUT2D eigenvalue weighted by atomic mass is 16.7. The molecule has 1 aliphatic carbocycles. The van der Waals surface area contributed by atoms with Gasteiger partial charge in [0, 0.05) is 18.7 Å². The van der Waals surface area contributed by atoms with Gasteiger partial charge in [0.25, 0.3) is 0 Å². The second kappa shape index (κ2) is 11.9. The van der Waals surface area contributed by atoms with Crippen molar-refractivity contribution in [3.63, 3.8) is 0 Å². The lowest BCUT2D eigenvalue weighted by molar-refractivity contribution is -0.155. The summed E-state index contributed by atoms with van der Waals surface area (Å²) in [6.07, 6.45) is 1.81. The Balaban J connectivity index is 2.01. The van der Waals surface area contributed by atoms with Crippen molar-refractivity contribution >= 4 is 5.97 Å². The number of carbonyl (C=O) groups excluding carboxylic acids is 1. The molecule has 8 nitrogen and oxygen atoms in total. The predicted molar refractivity (Wildman–Crippen MR) is 113 cm³/mol. The molecule has 2 unspecified atom stereocenters. The second-order valence-corrected chi connectivity index (χ2v) is 8.54. The predicted octanol–water partition coefficient (Wildman–Crippen LogP) is 3.74. The maximum absolute atomic E-state index is 12.0. The zero-order chi connectivity index (χ0) is 22.0. The number of para-hydroxylation sites is 1. The number of nitrogens with zero attached hydrogens (tertiary/aromatic N) is 1. The molecule has 1 aliphatic rings. The minimum absolute atomic E-state index is 0.0761. The average Bonchev–Trinajstić information content (AvgIpc) is 3.17. The van der Waals surface area contributed by atoms with Gasteiger partial charge in [-0.15, -0.1) is 4.91 Å². The molecule has 0 heterocycles. The van der Waals surface area contributed by atoms with E-state index in [2.05, 4.69) is 31.4 Å². The van der Waals surface area contributed by atoms with Crippen molar-refractivity contribution in [3.8, 4) is 5.75 Å². The summed E-state index contributed by atoms with van der Waals surface area (Å²) in [5.74, 6) is 0.579. The van der Waals surface area contributed by atoms with Crippen molar-refractivity contribution in [2.45, 2.75) is 70.6 Å². The van der Waals surface area contributed by atoms with Gasteiger partial charge in [0.2, 0.25) is 0 Å². The van der Waals surface area contributed by atoms with Gasteiger partial charge in [-0.2, -0.15) is 0 Å². The molecule has 0 saturated heterocycles. The summed E-state index contributed by atoms with van der Waals surface area (Å²) in [6.45, 7) is 9.05. The van der Waals surface area contributed by atoms with Crippen LogP contribution in [0.3, 0.4) is 0 Å². The molecule has 0 spiro atoms. The van der Waals surface area contributed by atoms with E-state index >= 15 is 0 Å². The first-order valence-electron chi connectivity index (χ1n) is 10.5. The molecular formula is C22H34N2O6. The van der Waals surface area contributed by atoms with Gasteiger partial charge in [-0.25, -0.2) is 4.79 Å². The standard InChI is InChI=1S/C22H34N2O6/c1-5-27-15-21(25)29-18(13-23-22(2,3)4)14-28-20-9-7-6-8-19(20)16-10-11-17(12-16)30-24-26/h6-9,16-18,23H,5,10-15H2,1-4H3/t16?,17?,18-/m0/s1. The topological polar surface area (TPSA) is 95.5 Å². The van der Waals surface area contributed by atoms with Crippen LogP contribution in [-0.2, 0) is 19.1 Å². The van der Waals surface area contributed by atoms with E-state index < -0.39 is 12.1 Å². The van der Waals surface area contributed by atoms with Crippen LogP contribution >= 0.6 is 0 Å². The molecule has 2 rings (SSSR count). The van der Waals surface area contributed by atoms with Crippen LogP contribution in [0, 0.1) is 4.91 Å². The number of esters is 1. The van der Waals surface area contributed by atoms with E-state index in [4.69, 9.17) is 19.0 Å². The summed E-state index contributed by atoms with van der Waals surface area (Å²) >= 11 is 0.